The minimum Gasteiger partial charge on any atom is -0.494 e. The molecule has 2 unspecified atom stereocenters. The summed E-state index contributed by atoms with van der Waals surface area (Å²) in [5, 5.41) is 2.23. The van der Waals surface area contributed by atoms with Crippen molar-refractivity contribution in [2.75, 3.05) is 13.7 Å². The predicted molar refractivity (Wildman–Crippen MR) is 104 cm³/mol. The molecule has 1 aromatic carbocycles. The molecule has 25 heavy (non-hydrogen) atoms. The third-order valence-corrected chi connectivity index (χ3v) is 4.93. The van der Waals surface area contributed by atoms with Crippen molar-refractivity contribution in [3.63, 3.8) is 0 Å². The number of benzene rings is 1. The number of amides is 1. The van der Waals surface area contributed by atoms with E-state index >= 15 is 0 Å². The van der Waals surface area contributed by atoms with E-state index in [9.17, 15) is 4.79 Å². The number of hydrogen-bond acceptors (Lipinski definition) is 4. The zero-order valence-corrected chi connectivity index (χ0v) is 17.2. The molecule has 7 nitrogen and oxygen atoms in total. The van der Waals surface area contributed by atoms with Crippen LogP contribution in [0.25, 0.3) is 6.08 Å². The Hall–Kier alpha value is -1.45. The van der Waals surface area contributed by atoms with Crippen LogP contribution in [0.1, 0.15) is 12.0 Å². The third kappa shape index (κ3) is 5.26. The summed E-state index contributed by atoms with van der Waals surface area (Å²) >= 11 is 13.1. The summed E-state index contributed by atoms with van der Waals surface area (Å²) in [5.74, 6) is 0.510. The van der Waals surface area contributed by atoms with Crippen molar-refractivity contribution in [3.05, 3.63) is 32.4 Å². The summed E-state index contributed by atoms with van der Waals surface area (Å²) < 4.78 is 12.4. The van der Waals surface area contributed by atoms with Gasteiger partial charge < -0.3 is 26.3 Å². The number of carbonyl (C=O) groups excluding carboxylic acids is 1. The van der Waals surface area contributed by atoms with Crippen molar-refractivity contribution >= 4 is 61.4 Å². The zero-order valence-electron chi connectivity index (χ0n) is 13.3. The Kier molecular flexibility index (Phi) is 6.97. The fourth-order valence-corrected chi connectivity index (χ4v) is 3.92. The number of hydrogen-bond donors (Lipinski definition) is 3. The average Bonchev–Trinajstić information content (AvgIpc) is 2.87. The van der Waals surface area contributed by atoms with E-state index in [1.54, 1.807) is 13.2 Å². The number of aliphatic imine (C=N–C) groups is 1. The molecule has 1 saturated heterocycles. The van der Waals surface area contributed by atoms with Gasteiger partial charge in [0, 0.05) is 6.54 Å². The van der Waals surface area contributed by atoms with Gasteiger partial charge in [0.15, 0.2) is 17.9 Å². The Morgan fingerprint density at radius 3 is 2.68 bits per heavy atom. The Labute approximate surface area is 167 Å². The molecule has 0 spiro atoms. The highest BCUT2D eigenvalue weighted by atomic mass is 79.9. The van der Waals surface area contributed by atoms with Gasteiger partial charge >= 0.3 is 0 Å². The van der Waals surface area contributed by atoms with Crippen molar-refractivity contribution in [2.24, 2.45) is 16.5 Å². The number of guanidine groups is 1. The fourth-order valence-electron chi connectivity index (χ4n) is 2.16. The number of alkyl halides is 1. The van der Waals surface area contributed by atoms with Crippen LogP contribution in [-0.2, 0) is 9.53 Å². The maximum Gasteiger partial charge on any atom is 0.289 e. The third-order valence-electron chi connectivity index (χ3n) is 3.30. The molecule has 5 N–H and O–H groups in total. The van der Waals surface area contributed by atoms with E-state index in [4.69, 9.17) is 32.5 Å². The quantitative estimate of drug-likeness (QED) is 0.242. The van der Waals surface area contributed by atoms with Crippen molar-refractivity contribution < 1.29 is 14.3 Å². The maximum absolute atomic E-state index is 12.1. The van der Waals surface area contributed by atoms with E-state index in [-0.39, 0.29) is 17.6 Å². The lowest BCUT2D eigenvalue weighted by molar-refractivity contribution is -0.116. The molecule has 1 aromatic rings. The van der Waals surface area contributed by atoms with Crippen LogP contribution in [0.4, 0.5) is 0 Å². The van der Waals surface area contributed by atoms with Gasteiger partial charge in [-0.3, -0.25) is 9.79 Å². The first-order valence-electron chi connectivity index (χ1n) is 7.23. The van der Waals surface area contributed by atoms with Crippen LogP contribution in [0.15, 0.2) is 31.8 Å². The highest BCUT2D eigenvalue weighted by Gasteiger charge is 2.33. The molecule has 2 rings (SSSR count). The summed E-state index contributed by atoms with van der Waals surface area (Å²) in [6, 6.07) is 3.63. The van der Waals surface area contributed by atoms with Crippen LogP contribution in [0.2, 0.25) is 0 Å². The number of halogens is 3. The van der Waals surface area contributed by atoms with Gasteiger partial charge in [-0.1, -0.05) is 0 Å². The number of nitrogens with one attached hydrogen (secondary N) is 1. The lowest BCUT2D eigenvalue weighted by Crippen LogP contribution is -2.35. The standard InChI is InChI=1S/C15H17Br2ClN4O3/c1-24-12-8(16)4-7(5-9(12)17)6-11-13(23)22-14(25-11)10(18)2-3-21-15(19)20/h4-6,10,14H,2-3H2,1H3,(H,22,23)(H4,19,20,21)/b11-6-. The van der Waals surface area contributed by atoms with Gasteiger partial charge in [0.05, 0.1) is 21.4 Å². The highest BCUT2D eigenvalue weighted by molar-refractivity contribution is 9.11. The van der Waals surface area contributed by atoms with E-state index in [0.717, 1.165) is 14.5 Å². The second-order valence-electron chi connectivity index (χ2n) is 5.15. The van der Waals surface area contributed by atoms with E-state index < -0.39 is 11.6 Å². The highest BCUT2D eigenvalue weighted by Crippen LogP contribution is 2.35. The Balaban J connectivity index is 2.09. The van der Waals surface area contributed by atoms with Crippen LogP contribution in [0.5, 0.6) is 5.75 Å². The van der Waals surface area contributed by atoms with Gasteiger partial charge in [-0.25, -0.2) is 0 Å². The summed E-state index contributed by atoms with van der Waals surface area (Å²) in [7, 11) is 1.57. The fraction of sp³-hybridized carbons (Fsp3) is 0.333. The number of nitrogens with two attached hydrogens (primary N) is 2. The summed E-state index contributed by atoms with van der Waals surface area (Å²) in [4.78, 5) is 15.9. The topological polar surface area (TPSA) is 112 Å². The molecule has 1 heterocycles. The lowest BCUT2D eigenvalue weighted by atomic mass is 10.2. The van der Waals surface area contributed by atoms with Crippen LogP contribution < -0.4 is 21.5 Å². The van der Waals surface area contributed by atoms with Gasteiger partial charge in [-0.2, -0.15) is 0 Å². The van der Waals surface area contributed by atoms with Gasteiger partial charge in [-0.15, -0.1) is 11.6 Å². The minimum absolute atomic E-state index is 0.00325. The molecule has 1 fully saturated rings. The molecule has 1 aliphatic rings. The maximum atomic E-state index is 12.1. The van der Waals surface area contributed by atoms with Crippen LogP contribution in [0, 0.1) is 0 Å². The first-order valence-corrected chi connectivity index (χ1v) is 9.25. The Morgan fingerprint density at radius 1 is 1.48 bits per heavy atom. The van der Waals surface area contributed by atoms with Crippen molar-refractivity contribution in [1.82, 2.24) is 5.32 Å². The summed E-state index contributed by atoms with van der Waals surface area (Å²) in [6.45, 7) is 0.351. The van der Waals surface area contributed by atoms with Crippen LogP contribution >= 0.6 is 43.5 Å². The molecule has 0 radical (unpaired) electrons. The Bertz CT molecular complexity index is 700. The van der Waals surface area contributed by atoms with Crippen LogP contribution in [-0.4, -0.2) is 37.1 Å². The predicted octanol–water partition coefficient (Wildman–Crippen LogP) is 2.30. The summed E-state index contributed by atoms with van der Waals surface area (Å²) in [5.41, 5.74) is 11.3. The van der Waals surface area contributed by atoms with Gasteiger partial charge in [-0.05, 0) is 62.1 Å². The minimum atomic E-state index is -0.639. The smallest absolute Gasteiger partial charge is 0.289 e. The first kappa shape index (κ1) is 19.9. The molecule has 136 valence electrons. The lowest BCUT2D eigenvalue weighted by Gasteiger charge is -2.15. The van der Waals surface area contributed by atoms with Crippen molar-refractivity contribution in [2.45, 2.75) is 18.0 Å². The first-order chi connectivity index (χ1) is 11.8. The van der Waals surface area contributed by atoms with Gasteiger partial charge in [0.2, 0.25) is 0 Å². The van der Waals surface area contributed by atoms with E-state index in [1.807, 2.05) is 12.1 Å². The summed E-state index contributed by atoms with van der Waals surface area (Å²) in [6.07, 6.45) is 1.45. The van der Waals surface area contributed by atoms with E-state index in [1.165, 1.54) is 0 Å². The molecule has 0 bridgehead atoms. The number of rotatable bonds is 6. The monoisotopic (exact) mass is 494 g/mol. The largest absolute Gasteiger partial charge is 0.494 e. The number of nitrogens with zero attached hydrogens (tertiary/aromatic N) is 1. The zero-order chi connectivity index (χ0) is 18.6. The molecule has 0 aromatic heterocycles. The number of methoxy groups -OCH3 is 1. The molecular weight excluding hydrogens is 479 g/mol. The molecule has 10 heteroatoms. The SMILES string of the molecule is COc1c(Br)cc(/C=C2\OC(C(Cl)CCN=C(N)N)NC2=O)cc1Br. The molecule has 1 aliphatic heterocycles. The molecule has 1 amide bonds. The average molecular weight is 497 g/mol. The van der Waals surface area contributed by atoms with Crippen molar-refractivity contribution in [1.29, 1.82) is 0 Å². The molecule has 2 atom stereocenters. The molecule has 0 aliphatic carbocycles. The van der Waals surface area contributed by atoms with Crippen molar-refractivity contribution in [3.8, 4) is 5.75 Å². The van der Waals surface area contributed by atoms with E-state index in [0.29, 0.717) is 18.7 Å². The van der Waals surface area contributed by atoms with E-state index in [2.05, 4.69) is 42.2 Å². The second-order valence-corrected chi connectivity index (χ2v) is 7.42. The second kappa shape index (κ2) is 8.77. The normalized spacial score (nSPS) is 19.3. The van der Waals surface area contributed by atoms with Gasteiger partial charge in [0.25, 0.3) is 5.91 Å². The Morgan fingerprint density at radius 2 is 2.12 bits per heavy atom. The number of ether oxygens (including phenoxy) is 2. The molecule has 0 saturated carbocycles. The van der Waals surface area contributed by atoms with Gasteiger partial charge in [0.1, 0.15) is 5.75 Å². The molecular formula is C15H17Br2ClN4O3. The number of carbonyl (C=O) groups is 1. The van der Waals surface area contributed by atoms with Crippen LogP contribution in [0.3, 0.4) is 0 Å².